The van der Waals surface area contributed by atoms with E-state index in [1.54, 1.807) is 7.11 Å². The lowest BCUT2D eigenvalue weighted by Crippen LogP contribution is -2.20. The van der Waals surface area contributed by atoms with Gasteiger partial charge in [0.15, 0.2) is 0 Å². The monoisotopic (exact) mass is 259 g/mol. The number of ether oxygens (including phenoxy) is 1. The van der Waals surface area contributed by atoms with Crippen LogP contribution in [0, 0.1) is 6.92 Å². The van der Waals surface area contributed by atoms with Crippen LogP contribution in [-0.2, 0) is 13.5 Å². The molecule has 2 aromatic rings. The number of methoxy groups -OCH3 is 1. The quantitative estimate of drug-likeness (QED) is 0.895. The van der Waals surface area contributed by atoms with E-state index in [0.29, 0.717) is 0 Å². The summed E-state index contributed by atoms with van der Waals surface area (Å²) < 4.78 is 7.29. The molecule has 0 saturated carbocycles. The molecule has 0 aliphatic carbocycles. The molecule has 1 heterocycles. The first kappa shape index (κ1) is 13.6. The molecule has 2 rings (SSSR count). The van der Waals surface area contributed by atoms with Crippen molar-refractivity contribution in [3.05, 3.63) is 47.3 Å². The zero-order valence-electron chi connectivity index (χ0n) is 12.0. The van der Waals surface area contributed by atoms with Gasteiger partial charge in [-0.15, -0.1) is 0 Å². The van der Waals surface area contributed by atoms with Crippen LogP contribution >= 0.6 is 0 Å². The van der Waals surface area contributed by atoms with Gasteiger partial charge in [-0.1, -0.05) is 17.7 Å². The summed E-state index contributed by atoms with van der Waals surface area (Å²) in [6, 6.07) is 8.50. The third-order valence-electron chi connectivity index (χ3n) is 3.29. The van der Waals surface area contributed by atoms with Gasteiger partial charge in [-0.2, -0.15) is 5.10 Å². The Morgan fingerprint density at radius 3 is 2.74 bits per heavy atom. The first-order valence-electron chi connectivity index (χ1n) is 6.44. The van der Waals surface area contributed by atoms with E-state index in [9.17, 15) is 0 Å². The van der Waals surface area contributed by atoms with Gasteiger partial charge in [0.25, 0.3) is 0 Å². The van der Waals surface area contributed by atoms with E-state index < -0.39 is 0 Å². The molecular weight excluding hydrogens is 238 g/mol. The van der Waals surface area contributed by atoms with Crippen LogP contribution in [0.1, 0.15) is 22.9 Å². The fraction of sp³-hybridized carbons (Fsp3) is 0.400. The van der Waals surface area contributed by atoms with Crippen LogP contribution in [0.3, 0.4) is 0 Å². The molecule has 1 N–H and O–H groups in total. The Balaban J connectivity index is 2.28. The largest absolute Gasteiger partial charge is 0.496 e. The van der Waals surface area contributed by atoms with Crippen LogP contribution in [0.5, 0.6) is 5.75 Å². The van der Waals surface area contributed by atoms with Crippen LogP contribution < -0.4 is 10.1 Å². The highest BCUT2D eigenvalue weighted by atomic mass is 16.5. The Morgan fingerprint density at radius 2 is 2.16 bits per heavy atom. The molecule has 0 aliphatic heterocycles. The van der Waals surface area contributed by atoms with E-state index in [-0.39, 0.29) is 6.04 Å². The average Bonchev–Trinajstić information content (AvgIpc) is 2.81. The van der Waals surface area contributed by atoms with Crippen molar-refractivity contribution < 1.29 is 4.74 Å². The first-order valence-corrected chi connectivity index (χ1v) is 6.44. The molecule has 1 unspecified atom stereocenters. The third-order valence-corrected chi connectivity index (χ3v) is 3.29. The van der Waals surface area contributed by atoms with Gasteiger partial charge >= 0.3 is 0 Å². The molecule has 0 bridgehead atoms. The van der Waals surface area contributed by atoms with Crippen molar-refractivity contribution in [2.24, 2.45) is 7.05 Å². The zero-order chi connectivity index (χ0) is 13.8. The van der Waals surface area contributed by atoms with E-state index in [1.165, 1.54) is 11.1 Å². The van der Waals surface area contributed by atoms with Crippen LogP contribution in [0.25, 0.3) is 0 Å². The first-order chi connectivity index (χ1) is 9.13. The highest BCUT2D eigenvalue weighted by molar-refractivity contribution is 5.39. The molecule has 0 amide bonds. The summed E-state index contributed by atoms with van der Waals surface area (Å²) in [6.07, 6.45) is 2.81. The van der Waals surface area contributed by atoms with E-state index >= 15 is 0 Å². The third kappa shape index (κ3) is 3.15. The number of nitrogens with one attached hydrogen (secondary N) is 1. The van der Waals surface area contributed by atoms with Gasteiger partial charge in [0, 0.05) is 31.3 Å². The minimum Gasteiger partial charge on any atom is -0.496 e. The Labute approximate surface area is 114 Å². The molecule has 0 saturated heterocycles. The second kappa shape index (κ2) is 5.89. The van der Waals surface area contributed by atoms with Gasteiger partial charge < -0.3 is 10.1 Å². The molecule has 1 atom stereocenters. The van der Waals surface area contributed by atoms with Crippen LogP contribution in [-0.4, -0.2) is 23.9 Å². The lowest BCUT2D eigenvalue weighted by Gasteiger charge is -2.19. The SMILES string of the molecule is CNC(Cc1ccn(C)n1)c1cc(C)ccc1OC. The van der Waals surface area contributed by atoms with E-state index in [0.717, 1.165) is 17.9 Å². The molecule has 0 spiro atoms. The number of benzene rings is 1. The van der Waals surface area contributed by atoms with Crippen molar-refractivity contribution >= 4 is 0 Å². The number of likely N-dealkylation sites (N-methyl/N-ethyl adjacent to an activating group) is 1. The van der Waals surface area contributed by atoms with Gasteiger partial charge in [-0.25, -0.2) is 0 Å². The van der Waals surface area contributed by atoms with Crippen LogP contribution in [0.2, 0.25) is 0 Å². The lowest BCUT2D eigenvalue weighted by molar-refractivity contribution is 0.400. The maximum Gasteiger partial charge on any atom is 0.123 e. The molecule has 102 valence electrons. The van der Waals surface area contributed by atoms with Crippen molar-refractivity contribution in [2.75, 3.05) is 14.2 Å². The van der Waals surface area contributed by atoms with E-state index in [2.05, 4.69) is 29.5 Å². The van der Waals surface area contributed by atoms with Gasteiger partial charge in [0.05, 0.1) is 12.8 Å². The standard InChI is InChI=1S/C15H21N3O/c1-11-5-6-15(19-4)13(9-11)14(16-2)10-12-7-8-18(3)17-12/h5-9,14,16H,10H2,1-4H3. The van der Waals surface area contributed by atoms with E-state index in [4.69, 9.17) is 4.74 Å². The number of aromatic nitrogens is 2. The second-order valence-electron chi connectivity index (χ2n) is 4.77. The minimum atomic E-state index is 0.199. The molecule has 19 heavy (non-hydrogen) atoms. The molecular formula is C15H21N3O. The number of nitrogens with zero attached hydrogens (tertiary/aromatic N) is 2. The summed E-state index contributed by atoms with van der Waals surface area (Å²) in [7, 11) is 5.61. The molecule has 0 fully saturated rings. The molecule has 1 aromatic carbocycles. The number of aryl methyl sites for hydroxylation is 2. The Morgan fingerprint density at radius 1 is 1.37 bits per heavy atom. The van der Waals surface area contributed by atoms with Crippen molar-refractivity contribution in [1.82, 2.24) is 15.1 Å². The topological polar surface area (TPSA) is 39.1 Å². The Bertz CT molecular complexity index is 548. The molecule has 0 aliphatic rings. The smallest absolute Gasteiger partial charge is 0.123 e. The normalized spacial score (nSPS) is 12.4. The van der Waals surface area contributed by atoms with Crippen LogP contribution in [0.4, 0.5) is 0 Å². The second-order valence-corrected chi connectivity index (χ2v) is 4.77. The zero-order valence-corrected chi connectivity index (χ0v) is 12.0. The molecule has 1 aromatic heterocycles. The number of rotatable bonds is 5. The number of hydrogen-bond acceptors (Lipinski definition) is 3. The van der Waals surface area contributed by atoms with Crippen LogP contribution in [0.15, 0.2) is 30.5 Å². The summed E-state index contributed by atoms with van der Waals surface area (Å²) in [4.78, 5) is 0. The molecule has 0 radical (unpaired) electrons. The predicted octanol–water partition coefficient (Wildman–Crippen LogP) is 2.24. The highest BCUT2D eigenvalue weighted by Gasteiger charge is 2.16. The predicted molar refractivity (Wildman–Crippen MR) is 76.4 cm³/mol. The van der Waals surface area contributed by atoms with E-state index in [1.807, 2.05) is 37.1 Å². The minimum absolute atomic E-state index is 0.199. The maximum atomic E-state index is 5.46. The summed E-state index contributed by atoms with van der Waals surface area (Å²) in [5.74, 6) is 0.917. The Hall–Kier alpha value is -1.81. The summed E-state index contributed by atoms with van der Waals surface area (Å²) in [6.45, 7) is 2.09. The van der Waals surface area contributed by atoms with Crippen molar-refractivity contribution in [1.29, 1.82) is 0 Å². The highest BCUT2D eigenvalue weighted by Crippen LogP contribution is 2.28. The lowest BCUT2D eigenvalue weighted by atomic mass is 9.99. The Kier molecular flexibility index (Phi) is 4.22. The van der Waals surface area contributed by atoms with Gasteiger partial charge in [0.2, 0.25) is 0 Å². The van der Waals surface area contributed by atoms with Crippen molar-refractivity contribution in [3.63, 3.8) is 0 Å². The van der Waals surface area contributed by atoms with Crippen molar-refractivity contribution in [3.8, 4) is 5.75 Å². The van der Waals surface area contributed by atoms with Crippen molar-refractivity contribution in [2.45, 2.75) is 19.4 Å². The molecule has 4 nitrogen and oxygen atoms in total. The van der Waals surface area contributed by atoms with Gasteiger partial charge in [-0.05, 0) is 26.1 Å². The average molecular weight is 259 g/mol. The summed E-state index contributed by atoms with van der Waals surface area (Å²) in [5.41, 5.74) is 3.48. The van der Waals surface area contributed by atoms with Gasteiger partial charge in [-0.3, -0.25) is 4.68 Å². The molecule has 4 heteroatoms. The van der Waals surface area contributed by atoms with Gasteiger partial charge in [0.1, 0.15) is 5.75 Å². The summed E-state index contributed by atoms with van der Waals surface area (Å²) in [5, 5.41) is 7.79. The fourth-order valence-electron chi connectivity index (χ4n) is 2.27. The maximum absolute atomic E-state index is 5.46. The summed E-state index contributed by atoms with van der Waals surface area (Å²) >= 11 is 0. The number of hydrogen-bond donors (Lipinski definition) is 1. The fourth-order valence-corrected chi connectivity index (χ4v) is 2.27.